The molecule has 2 aromatic rings. The van der Waals surface area contributed by atoms with Crippen molar-refractivity contribution in [2.45, 2.75) is 12.8 Å². The number of benzene rings is 2. The summed E-state index contributed by atoms with van der Waals surface area (Å²) in [6.45, 7) is 4.42. The molecule has 2 aliphatic heterocycles. The average Bonchev–Trinajstić information content (AvgIpc) is 3.19. The Morgan fingerprint density at radius 2 is 1.69 bits per heavy atom. The third-order valence-electron chi connectivity index (χ3n) is 5.60. The van der Waals surface area contributed by atoms with Crippen LogP contribution in [0, 0.1) is 5.41 Å². The minimum absolute atomic E-state index is 0.290. The Kier molecular flexibility index (Phi) is 5.05. The van der Waals surface area contributed by atoms with Crippen LogP contribution in [-0.4, -0.2) is 50.2 Å². The lowest BCUT2D eigenvalue weighted by Crippen LogP contribution is -2.50. The van der Waals surface area contributed by atoms with Gasteiger partial charge in [0.15, 0.2) is 0 Å². The maximum atomic E-state index is 13.2. The zero-order valence-electron chi connectivity index (χ0n) is 15.1. The normalized spacial score (nSPS) is 23.2. The highest BCUT2D eigenvalue weighted by Gasteiger charge is 2.43. The minimum atomic E-state index is -0.314. The van der Waals surface area contributed by atoms with E-state index in [2.05, 4.69) is 53.8 Å². The van der Waals surface area contributed by atoms with E-state index >= 15 is 0 Å². The third-order valence-corrected chi connectivity index (χ3v) is 5.60. The number of nitrogens with zero attached hydrogens (tertiary/aromatic N) is 1. The van der Waals surface area contributed by atoms with Gasteiger partial charge >= 0.3 is 0 Å². The predicted molar refractivity (Wildman–Crippen MR) is 103 cm³/mol. The molecule has 0 radical (unpaired) electrons. The molecule has 26 heavy (non-hydrogen) atoms. The Labute approximate surface area is 155 Å². The summed E-state index contributed by atoms with van der Waals surface area (Å²) in [5, 5.41) is 3.41. The molecule has 1 amide bonds. The molecule has 0 aliphatic carbocycles. The Hall–Kier alpha value is -2.17. The van der Waals surface area contributed by atoms with E-state index in [-0.39, 0.29) is 11.3 Å². The molecule has 1 atom stereocenters. The Balaban J connectivity index is 1.52. The molecule has 136 valence electrons. The van der Waals surface area contributed by atoms with E-state index in [0.717, 1.165) is 25.9 Å². The maximum absolute atomic E-state index is 13.2. The summed E-state index contributed by atoms with van der Waals surface area (Å²) < 4.78 is 5.41. The van der Waals surface area contributed by atoms with Gasteiger partial charge in [0.05, 0.1) is 18.6 Å². The summed E-state index contributed by atoms with van der Waals surface area (Å²) in [5.41, 5.74) is 3.36. The molecule has 0 saturated carbocycles. The molecule has 2 aliphatic rings. The number of morpholine rings is 1. The molecule has 0 bridgehead atoms. The number of rotatable bonds is 4. The highest BCUT2D eigenvalue weighted by atomic mass is 16.5. The van der Waals surface area contributed by atoms with Crippen LogP contribution in [0.5, 0.6) is 0 Å². The first-order chi connectivity index (χ1) is 12.8. The van der Waals surface area contributed by atoms with Gasteiger partial charge in [0, 0.05) is 19.6 Å². The monoisotopic (exact) mass is 350 g/mol. The lowest BCUT2D eigenvalue weighted by atomic mass is 9.79. The van der Waals surface area contributed by atoms with Crippen LogP contribution in [-0.2, 0) is 16.0 Å². The molecule has 4 nitrogen and oxygen atoms in total. The van der Waals surface area contributed by atoms with Crippen molar-refractivity contribution in [3.8, 4) is 11.1 Å². The van der Waals surface area contributed by atoms with Crippen LogP contribution in [0.1, 0.15) is 12.0 Å². The maximum Gasteiger partial charge on any atom is 0.230 e. The number of hydrogen-bond acceptors (Lipinski definition) is 3. The van der Waals surface area contributed by atoms with E-state index in [4.69, 9.17) is 4.74 Å². The number of carbonyl (C=O) groups excluding carboxylic acids is 1. The Morgan fingerprint density at radius 1 is 1.00 bits per heavy atom. The quantitative estimate of drug-likeness (QED) is 0.922. The van der Waals surface area contributed by atoms with Crippen LogP contribution in [0.3, 0.4) is 0 Å². The predicted octanol–water partition coefficient (Wildman–Crippen LogP) is 2.73. The van der Waals surface area contributed by atoms with Crippen molar-refractivity contribution in [2.24, 2.45) is 5.41 Å². The lowest BCUT2D eigenvalue weighted by Gasteiger charge is -2.36. The van der Waals surface area contributed by atoms with Crippen LogP contribution in [0.15, 0.2) is 54.6 Å². The van der Waals surface area contributed by atoms with E-state index in [0.29, 0.717) is 26.3 Å². The fraction of sp³-hybridized carbons (Fsp3) is 0.409. The molecule has 4 rings (SSSR count). The van der Waals surface area contributed by atoms with Crippen LogP contribution in [0.2, 0.25) is 0 Å². The molecule has 1 N–H and O–H groups in total. The van der Waals surface area contributed by atoms with E-state index < -0.39 is 0 Å². The summed E-state index contributed by atoms with van der Waals surface area (Å²) >= 11 is 0. The zero-order valence-corrected chi connectivity index (χ0v) is 15.1. The Bertz CT molecular complexity index is 730. The first-order valence-electron chi connectivity index (χ1n) is 9.49. The van der Waals surface area contributed by atoms with Crippen molar-refractivity contribution in [3.05, 3.63) is 60.2 Å². The SMILES string of the molecule is O=C(N1CCOCC1)[C@@]1(Cc2ccc(-c3ccccc3)cc2)CCNC1. The van der Waals surface area contributed by atoms with E-state index in [9.17, 15) is 4.79 Å². The summed E-state index contributed by atoms with van der Waals surface area (Å²) in [4.78, 5) is 15.2. The first-order valence-corrected chi connectivity index (χ1v) is 9.49. The summed E-state index contributed by atoms with van der Waals surface area (Å²) in [6, 6.07) is 19.1. The fourth-order valence-electron chi connectivity index (χ4n) is 4.09. The van der Waals surface area contributed by atoms with Gasteiger partial charge in [0.25, 0.3) is 0 Å². The number of amides is 1. The topological polar surface area (TPSA) is 41.6 Å². The second-order valence-electron chi connectivity index (χ2n) is 7.35. The standard InChI is InChI=1S/C22H26N2O2/c25-21(24-12-14-26-15-13-24)22(10-11-23-17-22)16-18-6-8-20(9-7-18)19-4-2-1-3-5-19/h1-9,23H,10-17H2/t22-/m1/s1. The van der Waals surface area contributed by atoms with Crippen LogP contribution in [0.25, 0.3) is 11.1 Å². The molecule has 0 aromatic heterocycles. The van der Waals surface area contributed by atoms with Gasteiger partial charge in [-0.05, 0) is 36.1 Å². The van der Waals surface area contributed by atoms with Gasteiger partial charge in [-0.1, -0.05) is 54.6 Å². The van der Waals surface area contributed by atoms with Crippen molar-refractivity contribution in [2.75, 3.05) is 39.4 Å². The lowest BCUT2D eigenvalue weighted by molar-refractivity contribution is -0.145. The van der Waals surface area contributed by atoms with Crippen molar-refractivity contribution in [1.29, 1.82) is 0 Å². The number of ether oxygens (including phenoxy) is 1. The summed E-state index contributed by atoms with van der Waals surface area (Å²) in [5.74, 6) is 0.290. The highest BCUT2D eigenvalue weighted by Crippen LogP contribution is 2.33. The van der Waals surface area contributed by atoms with E-state index in [1.165, 1.54) is 16.7 Å². The van der Waals surface area contributed by atoms with Crippen LogP contribution in [0.4, 0.5) is 0 Å². The smallest absolute Gasteiger partial charge is 0.230 e. The molecule has 2 fully saturated rings. The second kappa shape index (κ2) is 7.60. The molecule has 4 heteroatoms. The van der Waals surface area contributed by atoms with Crippen LogP contribution < -0.4 is 5.32 Å². The molecule has 2 heterocycles. The van der Waals surface area contributed by atoms with Gasteiger partial charge in [0.1, 0.15) is 0 Å². The molecular weight excluding hydrogens is 324 g/mol. The van der Waals surface area contributed by atoms with Gasteiger partial charge in [0.2, 0.25) is 5.91 Å². The summed E-state index contributed by atoms with van der Waals surface area (Å²) in [7, 11) is 0. The molecule has 2 aromatic carbocycles. The Morgan fingerprint density at radius 3 is 2.35 bits per heavy atom. The van der Waals surface area contributed by atoms with Gasteiger partial charge < -0.3 is 15.0 Å². The summed E-state index contributed by atoms with van der Waals surface area (Å²) in [6.07, 6.45) is 1.70. The van der Waals surface area contributed by atoms with Crippen molar-refractivity contribution in [3.63, 3.8) is 0 Å². The van der Waals surface area contributed by atoms with E-state index in [1.807, 2.05) is 11.0 Å². The minimum Gasteiger partial charge on any atom is -0.378 e. The number of hydrogen-bond donors (Lipinski definition) is 1. The van der Waals surface area contributed by atoms with E-state index in [1.54, 1.807) is 0 Å². The molecule has 2 saturated heterocycles. The van der Waals surface area contributed by atoms with Gasteiger partial charge in [-0.25, -0.2) is 0 Å². The van der Waals surface area contributed by atoms with Crippen LogP contribution >= 0.6 is 0 Å². The molecular formula is C22H26N2O2. The second-order valence-corrected chi connectivity index (χ2v) is 7.35. The average molecular weight is 350 g/mol. The number of carbonyl (C=O) groups is 1. The highest BCUT2D eigenvalue weighted by molar-refractivity contribution is 5.84. The molecule has 0 spiro atoms. The molecule has 0 unspecified atom stereocenters. The first kappa shape index (κ1) is 17.3. The largest absolute Gasteiger partial charge is 0.378 e. The number of nitrogens with one attached hydrogen (secondary N) is 1. The fourth-order valence-corrected chi connectivity index (χ4v) is 4.09. The third kappa shape index (κ3) is 3.53. The van der Waals surface area contributed by atoms with Crippen molar-refractivity contribution < 1.29 is 9.53 Å². The zero-order chi connectivity index (χ0) is 17.8. The van der Waals surface area contributed by atoms with Gasteiger partial charge in [-0.2, -0.15) is 0 Å². The van der Waals surface area contributed by atoms with Gasteiger partial charge in [-0.15, -0.1) is 0 Å². The van der Waals surface area contributed by atoms with Crippen molar-refractivity contribution >= 4 is 5.91 Å². The van der Waals surface area contributed by atoms with Crippen molar-refractivity contribution in [1.82, 2.24) is 10.2 Å². The van der Waals surface area contributed by atoms with Gasteiger partial charge in [-0.3, -0.25) is 4.79 Å².